The van der Waals surface area contributed by atoms with Gasteiger partial charge in [-0.15, -0.1) is 0 Å². The van der Waals surface area contributed by atoms with E-state index in [0.29, 0.717) is 16.9 Å². The predicted molar refractivity (Wildman–Crippen MR) is 74.6 cm³/mol. The molecule has 2 aromatic rings. The zero-order valence-corrected chi connectivity index (χ0v) is 11.5. The van der Waals surface area contributed by atoms with Crippen molar-refractivity contribution in [3.8, 4) is 5.75 Å². The summed E-state index contributed by atoms with van der Waals surface area (Å²) in [4.78, 5) is 0. The van der Waals surface area contributed by atoms with E-state index in [9.17, 15) is 8.78 Å². The van der Waals surface area contributed by atoms with Gasteiger partial charge in [-0.25, -0.2) is 8.78 Å². The number of benzene rings is 2. The molecule has 2 nitrogen and oxygen atoms in total. The number of nitrogens with two attached hydrogens (primary N) is 1. The molecule has 0 heterocycles. The molecular weight excluding hydrogens is 260 g/mol. The maximum absolute atomic E-state index is 13.7. The summed E-state index contributed by atoms with van der Waals surface area (Å²) < 4.78 is 32.4. The highest BCUT2D eigenvalue weighted by molar-refractivity contribution is 5.40. The van der Waals surface area contributed by atoms with Gasteiger partial charge in [-0.3, -0.25) is 0 Å². The number of ether oxygens (including phenoxy) is 1. The van der Waals surface area contributed by atoms with E-state index in [-0.39, 0.29) is 12.2 Å². The van der Waals surface area contributed by atoms with Gasteiger partial charge in [-0.2, -0.15) is 0 Å². The number of methoxy groups -OCH3 is 1. The third-order valence-electron chi connectivity index (χ3n) is 3.29. The molecule has 0 spiro atoms. The summed E-state index contributed by atoms with van der Waals surface area (Å²) in [5, 5.41) is 0. The monoisotopic (exact) mass is 277 g/mol. The van der Waals surface area contributed by atoms with Gasteiger partial charge < -0.3 is 10.5 Å². The Labute approximate surface area is 117 Å². The van der Waals surface area contributed by atoms with Crippen LogP contribution in [0.25, 0.3) is 0 Å². The Hall–Kier alpha value is -1.94. The van der Waals surface area contributed by atoms with Crippen molar-refractivity contribution >= 4 is 0 Å². The van der Waals surface area contributed by atoms with Gasteiger partial charge in [0.15, 0.2) is 0 Å². The molecule has 0 aromatic heterocycles. The average Bonchev–Trinajstić information content (AvgIpc) is 2.41. The van der Waals surface area contributed by atoms with E-state index in [4.69, 9.17) is 10.5 Å². The fraction of sp³-hybridized carbons (Fsp3) is 0.250. The van der Waals surface area contributed by atoms with E-state index in [0.717, 1.165) is 0 Å². The summed E-state index contributed by atoms with van der Waals surface area (Å²) >= 11 is 0. The number of hydrogen-bond donors (Lipinski definition) is 1. The topological polar surface area (TPSA) is 35.2 Å². The fourth-order valence-corrected chi connectivity index (χ4v) is 2.26. The second kappa shape index (κ2) is 5.59. The lowest BCUT2D eigenvalue weighted by Gasteiger charge is -2.27. The van der Waals surface area contributed by atoms with Crippen LogP contribution in [0.1, 0.15) is 18.1 Å². The molecule has 1 unspecified atom stereocenters. The zero-order chi connectivity index (χ0) is 14.8. The summed E-state index contributed by atoms with van der Waals surface area (Å²) in [7, 11) is 1.50. The molecule has 4 heteroatoms. The maximum Gasteiger partial charge on any atom is 0.126 e. The number of halogens is 2. The summed E-state index contributed by atoms with van der Waals surface area (Å²) in [6.07, 6.45) is 0.249. The normalized spacial score (nSPS) is 13.8. The number of hydrogen-bond acceptors (Lipinski definition) is 2. The molecule has 1 atom stereocenters. The Morgan fingerprint density at radius 3 is 2.50 bits per heavy atom. The molecule has 0 aliphatic carbocycles. The molecule has 0 radical (unpaired) electrons. The molecule has 2 N–H and O–H groups in total. The fourth-order valence-electron chi connectivity index (χ4n) is 2.26. The molecule has 0 fully saturated rings. The Bertz CT molecular complexity index is 611. The van der Waals surface area contributed by atoms with Crippen molar-refractivity contribution in [2.24, 2.45) is 5.73 Å². The van der Waals surface area contributed by atoms with Gasteiger partial charge in [-0.1, -0.05) is 18.2 Å². The van der Waals surface area contributed by atoms with Crippen molar-refractivity contribution in [2.75, 3.05) is 7.11 Å². The second-order valence-electron chi connectivity index (χ2n) is 5.03. The highest BCUT2D eigenvalue weighted by atomic mass is 19.1. The molecule has 0 saturated heterocycles. The van der Waals surface area contributed by atoms with E-state index in [1.807, 2.05) is 0 Å². The third-order valence-corrected chi connectivity index (χ3v) is 3.29. The quantitative estimate of drug-likeness (QED) is 0.929. The van der Waals surface area contributed by atoms with Crippen molar-refractivity contribution in [1.29, 1.82) is 0 Å². The lowest BCUT2D eigenvalue weighted by atomic mass is 9.85. The zero-order valence-electron chi connectivity index (χ0n) is 11.5. The van der Waals surface area contributed by atoms with Gasteiger partial charge in [0.05, 0.1) is 7.11 Å². The van der Waals surface area contributed by atoms with Crippen molar-refractivity contribution < 1.29 is 13.5 Å². The van der Waals surface area contributed by atoms with Crippen LogP contribution in [0, 0.1) is 11.6 Å². The highest BCUT2D eigenvalue weighted by Gasteiger charge is 2.27. The van der Waals surface area contributed by atoms with Crippen LogP contribution in [0.3, 0.4) is 0 Å². The summed E-state index contributed by atoms with van der Waals surface area (Å²) in [5.74, 6) is -0.224. The minimum absolute atomic E-state index is 0.249. The lowest BCUT2D eigenvalue weighted by molar-refractivity contribution is 0.382. The minimum atomic E-state index is -0.935. The molecule has 0 amide bonds. The molecule has 2 rings (SSSR count). The largest absolute Gasteiger partial charge is 0.496 e. The van der Waals surface area contributed by atoms with E-state index in [2.05, 4.69) is 0 Å². The lowest BCUT2D eigenvalue weighted by Crippen LogP contribution is -2.36. The molecule has 106 valence electrons. The second-order valence-corrected chi connectivity index (χ2v) is 5.03. The molecule has 0 aliphatic rings. The first kappa shape index (κ1) is 14.5. The van der Waals surface area contributed by atoms with Crippen LogP contribution in [0.5, 0.6) is 5.75 Å². The summed E-state index contributed by atoms with van der Waals surface area (Å²) in [6, 6.07) is 10.6. The Balaban J connectivity index is 2.40. The van der Waals surface area contributed by atoms with Gasteiger partial charge in [0.25, 0.3) is 0 Å². The van der Waals surface area contributed by atoms with Crippen molar-refractivity contribution in [2.45, 2.75) is 18.9 Å². The van der Waals surface area contributed by atoms with Crippen LogP contribution in [0.15, 0.2) is 42.5 Å². The number of rotatable bonds is 4. The molecular formula is C16H17F2NO. The van der Waals surface area contributed by atoms with Gasteiger partial charge in [-0.05, 0) is 43.2 Å². The van der Waals surface area contributed by atoms with Gasteiger partial charge in [0.2, 0.25) is 0 Å². The molecule has 0 aliphatic heterocycles. The molecule has 0 saturated carbocycles. The summed E-state index contributed by atoms with van der Waals surface area (Å²) in [5.41, 5.74) is 6.34. The van der Waals surface area contributed by atoms with Crippen LogP contribution < -0.4 is 10.5 Å². The van der Waals surface area contributed by atoms with Gasteiger partial charge in [0.1, 0.15) is 17.4 Å². The van der Waals surface area contributed by atoms with E-state index < -0.39 is 11.4 Å². The van der Waals surface area contributed by atoms with Crippen LogP contribution in [-0.2, 0) is 12.0 Å². The smallest absolute Gasteiger partial charge is 0.126 e. The highest BCUT2D eigenvalue weighted by Crippen LogP contribution is 2.31. The molecule has 20 heavy (non-hydrogen) atoms. The van der Waals surface area contributed by atoms with E-state index in [1.165, 1.54) is 31.4 Å². The first-order valence-corrected chi connectivity index (χ1v) is 6.30. The van der Waals surface area contributed by atoms with Crippen LogP contribution >= 0.6 is 0 Å². The molecule has 0 bridgehead atoms. The van der Waals surface area contributed by atoms with Crippen LogP contribution in [0.2, 0.25) is 0 Å². The Kier molecular flexibility index (Phi) is 4.04. The minimum Gasteiger partial charge on any atom is -0.496 e. The predicted octanol–water partition coefficient (Wildman–Crippen LogP) is 3.39. The SMILES string of the molecule is COc1ccc(F)cc1C(C)(N)Cc1ccccc1F. The first-order chi connectivity index (χ1) is 9.44. The van der Waals surface area contributed by atoms with Crippen LogP contribution in [-0.4, -0.2) is 7.11 Å². The van der Waals surface area contributed by atoms with Crippen molar-refractivity contribution in [1.82, 2.24) is 0 Å². The van der Waals surface area contributed by atoms with E-state index in [1.54, 1.807) is 25.1 Å². The third kappa shape index (κ3) is 2.96. The average molecular weight is 277 g/mol. The first-order valence-electron chi connectivity index (χ1n) is 6.30. The summed E-state index contributed by atoms with van der Waals surface area (Å²) in [6.45, 7) is 1.73. The van der Waals surface area contributed by atoms with Gasteiger partial charge in [0, 0.05) is 11.1 Å². The van der Waals surface area contributed by atoms with Crippen molar-refractivity contribution in [3.05, 3.63) is 65.2 Å². The maximum atomic E-state index is 13.7. The van der Waals surface area contributed by atoms with Gasteiger partial charge >= 0.3 is 0 Å². The molecule has 2 aromatic carbocycles. The Morgan fingerprint density at radius 1 is 1.15 bits per heavy atom. The van der Waals surface area contributed by atoms with E-state index >= 15 is 0 Å². The van der Waals surface area contributed by atoms with Crippen LogP contribution in [0.4, 0.5) is 8.78 Å². The standard InChI is InChI=1S/C16H17F2NO/c1-16(19,10-11-5-3-4-6-14(11)18)13-9-12(17)7-8-15(13)20-2/h3-9H,10,19H2,1-2H3. The van der Waals surface area contributed by atoms with Crippen molar-refractivity contribution in [3.63, 3.8) is 0 Å². The Morgan fingerprint density at radius 2 is 1.85 bits per heavy atom.